The predicted molar refractivity (Wildman–Crippen MR) is 107 cm³/mol. The van der Waals surface area contributed by atoms with Crippen LogP contribution in [0.4, 0.5) is 5.82 Å². The van der Waals surface area contributed by atoms with Gasteiger partial charge in [-0.25, -0.2) is 0 Å². The molecule has 0 spiro atoms. The van der Waals surface area contributed by atoms with Gasteiger partial charge in [0.15, 0.2) is 11.5 Å². The number of amides is 1. The Morgan fingerprint density at radius 2 is 2.11 bits per heavy atom. The van der Waals surface area contributed by atoms with Crippen LogP contribution >= 0.6 is 11.8 Å². The number of benzene rings is 1. The van der Waals surface area contributed by atoms with Crippen molar-refractivity contribution in [3.63, 3.8) is 0 Å². The Morgan fingerprint density at radius 3 is 2.89 bits per heavy atom. The molecular weight excluding hydrogens is 362 g/mol. The molecule has 1 aromatic carbocycles. The maximum Gasteiger partial charge on any atom is 0.235 e. The second-order valence-corrected chi connectivity index (χ2v) is 8.07. The molecule has 4 rings (SSSR count). The molecule has 1 aromatic heterocycles. The van der Waals surface area contributed by atoms with E-state index in [1.165, 1.54) is 12.8 Å². The quantitative estimate of drug-likeness (QED) is 0.842. The first-order valence-electron chi connectivity index (χ1n) is 9.52. The molecule has 144 valence electrons. The third kappa shape index (κ3) is 3.78. The van der Waals surface area contributed by atoms with Gasteiger partial charge in [0.2, 0.25) is 5.91 Å². The van der Waals surface area contributed by atoms with Gasteiger partial charge in [0, 0.05) is 12.6 Å². The number of anilines is 1. The molecule has 2 aliphatic rings. The van der Waals surface area contributed by atoms with E-state index in [1.54, 1.807) is 16.4 Å². The van der Waals surface area contributed by atoms with E-state index in [0.29, 0.717) is 12.4 Å². The molecule has 0 saturated heterocycles. The fourth-order valence-electron chi connectivity index (χ4n) is 3.73. The first kappa shape index (κ1) is 18.2. The van der Waals surface area contributed by atoms with Gasteiger partial charge >= 0.3 is 0 Å². The number of nitrogens with one attached hydrogen (secondary N) is 1. The molecule has 1 aliphatic heterocycles. The maximum absolute atomic E-state index is 12.1. The summed E-state index contributed by atoms with van der Waals surface area (Å²) >= 11 is 1.61. The molecular formula is C20H25N3O3S. The van der Waals surface area contributed by atoms with Crippen molar-refractivity contribution >= 4 is 23.5 Å². The molecule has 1 N–H and O–H groups in total. The van der Waals surface area contributed by atoms with Crippen LogP contribution in [0.25, 0.3) is 0 Å². The third-order valence-electron chi connectivity index (χ3n) is 5.05. The fourth-order valence-corrected chi connectivity index (χ4v) is 4.81. The van der Waals surface area contributed by atoms with Crippen LogP contribution in [0.2, 0.25) is 0 Å². The maximum atomic E-state index is 12.1. The SMILES string of the molecule is CCOc1cc([C@H]2SCC(=O)Nc3c2cnn3C)ccc1OC1CCCC1. The van der Waals surface area contributed by atoms with E-state index < -0.39 is 0 Å². The summed E-state index contributed by atoms with van der Waals surface area (Å²) in [6, 6.07) is 6.14. The Hall–Kier alpha value is -2.15. The van der Waals surface area contributed by atoms with Gasteiger partial charge in [0.1, 0.15) is 5.82 Å². The molecule has 1 aliphatic carbocycles. The Kier molecular flexibility index (Phi) is 5.29. The van der Waals surface area contributed by atoms with Crippen LogP contribution in [-0.2, 0) is 11.8 Å². The number of carbonyl (C=O) groups is 1. The van der Waals surface area contributed by atoms with Gasteiger partial charge in [-0.05, 0) is 50.3 Å². The van der Waals surface area contributed by atoms with Crippen molar-refractivity contribution in [1.82, 2.24) is 9.78 Å². The molecule has 7 heteroatoms. The highest BCUT2D eigenvalue weighted by molar-refractivity contribution is 8.00. The largest absolute Gasteiger partial charge is 0.490 e. The first-order valence-corrected chi connectivity index (χ1v) is 10.6. The number of ether oxygens (including phenoxy) is 2. The average Bonchev–Trinajstić information content (AvgIpc) is 3.25. The van der Waals surface area contributed by atoms with Gasteiger partial charge in [0.25, 0.3) is 0 Å². The number of aryl methyl sites for hydroxylation is 1. The molecule has 1 saturated carbocycles. The van der Waals surface area contributed by atoms with E-state index in [0.717, 1.165) is 41.3 Å². The summed E-state index contributed by atoms with van der Waals surface area (Å²) in [6.07, 6.45) is 6.81. The summed E-state index contributed by atoms with van der Waals surface area (Å²) < 4.78 is 13.8. The minimum Gasteiger partial charge on any atom is -0.490 e. The second-order valence-electron chi connectivity index (χ2n) is 6.97. The number of hydrogen-bond acceptors (Lipinski definition) is 5. The van der Waals surface area contributed by atoms with E-state index in [4.69, 9.17) is 9.47 Å². The van der Waals surface area contributed by atoms with E-state index in [-0.39, 0.29) is 17.3 Å². The number of aromatic nitrogens is 2. The van der Waals surface area contributed by atoms with Crippen LogP contribution in [0.1, 0.15) is 49.0 Å². The van der Waals surface area contributed by atoms with Crippen molar-refractivity contribution in [2.45, 2.75) is 44.0 Å². The second kappa shape index (κ2) is 7.84. The smallest absolute Gasteiger partial charge is 0.235 e. The normalized spacial score (nSPS) is 20.1. The van der Waals surface area contributed by atoms with Crippen molar-refractivity contribution in [2.75, 3.05) is 17.7 Å². The number of nitrogens with zero attached hydrogens (tertiary/aromatic N) is 2. The number of hydrogen-bond donors (Lipinski definition) is 1. The number of fused-ring (bicyclic) bond motifs is 1. The molecule has 0 unspecified atom stereocenters. The Bertz CT molecular complexity index is 830. The number of rotatable bonds is 5. The lowest BCUT2D eigenvalue weighted by atomic mass is 10.1. The minimum atomic E-state index is -0.00133. The lowest BCUT2D eigenvalue weighted by Gasteiger charge is -2.20. The van der Waals surface area contributed by atoms with Gasteiger partial charge in [-0.15, -0.1) is 11.8 Å². The zero-order valence-electron chi connectivity index (χ0n) is 15.7. The van der Waals surface area contributed by atoms with Crippen LogP contribution in [0.3, 0.4) is 0 Å². The van der Waals surface area contributed by atoms with Gasteiger partial charge in [-0.2, -0.15) is 5.10 Å². The minimum absolute atomic E-state index is 0.00133. The van der Waals surface area contributed by atoms with Crippen molar-refractivity contribution in [3.8, 4) is 11.5 Å². The molecule has 0 bridgehead atoms. The highest BCUT2D eigenvalue weighted by Crippen LogP contribution is 2.44. The molecule has 1 atom stereocenters. The average molecular weight is 388 g/mol. The van der Waals surface area contributed by atoms with Crippen LogP contribution in [0.15, 0.2) is 24.4 Å². The van der Waals surface area contributed by atoms with Gasteiger partial charge < -0.3 is 14.8 Å². The Labute approximate surface area is 163 Å². The van der Waals surface area contributed by atoms with Gasteiger partial charge in [-0.3, -0.25) is 9.48 Å². The zero-order chi connectivity index (χ0) is 18.8. The van der Waals surface area contributed by atoms with Crippen molar-refractivity contribution in [2.24, 2.45) is 7.05 Å². The van der Waals surface area contributed by atoms with E-state index in [9.17, 15) is 4.79 Å². The lowest BCUT2D eigenvalue weighted by Crippen LogP contribution is -2.15. The highest BCUT2D eigenvalue weighted by Gasteiger charge is 2.28. The van der Waals surface area contributed by atoms with Crippen LogP contribution < -0.4 is 14.8 Å². The Morgan fingerprint density at radius 1 is 1.30 bits per heavy atom. The summed E-state index contributed by atoms with van der Waals surface area (Å²) in [6.45, 7) is 2.56. The van der Waals surface area contributed by atoms with Gasteiger partial charge in [0.05, 0.1) is 29.9 Å². The van der Waals surface area contributed by atoms with E-state index >= 15 is 0 Å². The monoisotopic (exact) mass is 387 g/mol. The molecule has 0 radical (unpaired) electrons. The molecule has 1 fully saturated rings. The summed E-state index contributed by atoms with van der Waals surface area (Å²) in [5.41, 5.74) is 2.10. The summed E-state index contributed by atoms with van der Waals surface area (Å²) in [5, 5.41) is 7.30. The van der Waals surface area contributed by atoms with E-state index in [2.05, 4.69) is 22.5 Å². The topological polar surface area (TPSA) is 65.4 Å². The fraction of sp³-hybridized carbons (Fsp3) is 0.500. The lowest BCUT2D eigenvalue weighted by molar-refractivity contribution is -0.113. The summed E-state index contributed by atoms with van der Waals surface area (Å²) in [5.74, 6) is 2.75. The van der Waals surface area contributed by atoms with Crippen LogP contribution in [0.5, 0.6) is 11.5 Å². The highest BCUT2D eigenvalue weighted by atomic mass is 32.2. The van der Waals surface area contributed by atoms with Crippen LogP contribution in [0, 0.1) is 0 Å². The number of carbonyl (C=O) groups excluding carboxylic acids is 1. The molecule has 6 nitrogen and oxygen atoms in total. The molecule has 2 heterocycles. The van der Waals surface area contributed by atoms with Gasteiger partial charge in [-0.1, -0.05) is 6.07 Å². The van der Waals surface area contributed by atoms with Crippen LogP contribution in [-0.4, -0.2) is 34.2 Å². The molecule has 27 heavy (non-hydrogen) atoms. The summed E-state index contributed by atoms with van der Waals surface area (Å²) in [7, 11) is 1.84. The first-order chi connectivity index (χ1) is 13.2. The van der Waals surface area contributed by atoms with Crippen molar-refractivity contribution < 1.29 is 14.3 Å². The zero-order valence-corrected chi connectivity index (χ0v) is 16.6. The third-order valence-corrected chi connectivity index (χ3v) is 6.34. The van der Waals surface area contributed by atoms with Crippen molar-refractivity contribution in [3.05, 3.63) is 35.5 Å². The van der Waals surface area contributed by atoms with E-state index in [1.807, 2.05) is 26.2 Å². The Balaban J connectivity index is 1.66. The molecule has 2 aromatic rings. The van der Waals surface area contributed by atoms with Crippen molar-refractivity contribution in [1.29, 1.82) is 0 Å². The standard InChI is InChI=1S/C20H25N3O3S/c1-3-25-17-10-13(8-9-16(17)26-14-6-4-5-7-14)19-15-11-21-23(2)20(15)22-18(24)12-27-19/h8-11,14,19H,3-7,12H2,1-2H3,(H,22,24)/t19-/m1/s1. The number of thioether (sulfide) groups is 1. The summed E-state index contributed by atoms with van der Waals surface area (Å²) in [4.78, 5) is 12.1. The molecule has 1 amide bonds. The predicted octanol–water partition coefficient (Wildman–Crippen LogP) is 3.91.